The van der Waals surface area contributed by atoms with Crippen LogP contribution in [-0.2, 0) is 4.74 Å². The van der Waals surface area contributed by atoms with Crippen molar-refractivity contribution in [1.29, 1.82) is 0 Å². The smallest absolute Gasteiger partial charge is 0.410 e. The molecule has 0 aromatic heterocycles. The minimum Gasteiger partial charge on any atom is -0.444 e. The summed E-state index contributed by atoms with van der Waals surface area (Å²) >= 11 is 1.96. The van der Waals surface area contributed by atoms with E-state index in [-0.39, 0.29) is 6.09 Å². The number of hydrogen-bond donors (Lipinski definition) is 1. The summed E-state index contributed by atoms with van der Waals surface area (Å²) in [7, 11) is 0. The van der Waals surface area contributed by atoms with Crippen molar-refractivity contribution in [2.45, 2.75) is 32.8 Å². The molecule has 0 bridgehead atoms. The van der Waals surface area contributed by atoms with E-state index in [0.717, 1.165) is 37.6 Å². The Balaban J connectivity index is 1.77. The molecule has 22 heavy (non-hydrogen) atoms. The van der Waals surface area contributed by atoms with Crippen LogP contribution in [0.25, 0.3) is 0 Å². The summed E-state index contributed by atoms with van der Waals surface area (Å²) in [4.78, 5) is 20.5. The average molecular weight is 328 g/mol. The lowest BCUT2D eigenvalue weighted by molar-refractivity contribution is 0.0289. The molecule has 1 amide bonds. The largest absolute Gasteiger partial charge is 0.444 e. The van der Waals surface area contributed by atoms with Gasteiger partial charge in [0.05, 0.1) is 0 Å². The molecule has 2 rings (SSSR count). The predicted octanol–water partition coefficient (Wildman–Crippen LogP) is 1.61. The second-order valence-corrected chi connectivity index (χ2v) is 8.10. The lowest BCUT2D eigenvalue weighted by atomic mass is 10.1. The number of nitrogens with two attached hydrogens (primary N) is 1. The van der Waals surface area contributed by atoms with Crippen molar-refractivity contribution >= 4 is 23.8 Å². The van der Waals surface area contributed by atoms with Crippen LogP contribution in [-0.4, -0.2) is 71.7 Å². The van der Waals surface area contributed by atoms with Crippen LogP contribution in [0.4, 0.5) is 4.79 Å². The van der Waals surface area contributed by atoms with E-state index >= 15 is 0 Å². The van der Waals surface area contributed by atoms with Crippen LogP contribution in [0.5, 0.6) is 0 Å². The Bertz CT molecular complexity index is 416. The highest BCUT2D eigenvalue weighted by Crippen LogP contribution is 2.20. The highest BCUT2D eigenvalue weighted by Gasteiger charge is 2.29. The normalized spacial score (nSPS) is 23.8. The van der Waals surface area contributed by atoms with E-state index in [2.05, 4.69) is 9.89 Å². The monoisotopic (exact) mass is 328 g/mol. The molecule has 2 heterocycles. The van der Waals surface area contributed by atoms with Crippen LogP contribution in [0.2, 0.25) is 0 Å². The summed E-state index contributed by atoms with van der Waals surface area (Å²) in [5, 5.41) is 0. The Hall–Kier alpha value is -1.11. The van der Waals surface area contributed by atoms with Gasteiger partial charge in [-0.3, -0.25) is 4.99 Å². The van der Waals surface area contributed by atoms with Crippen LogP contribution >= 0.6 is 11.8 Å². The minimum absolute atomic E-state index is 0.222. The van der Waals surface area contributed by atoms with Gasteiger partial charge in [0.2, 0.25) is 0 Å². The number of ether oxygens (including phenoxy) is 1. The van der Waals surface area contributed by atoms with Crippen molar-refractivity contribution in [2.24, 2.45) is 16.6 Å². The number of carbonyl (C=O) groups excluding carboxylic acids is 1. The van der Waals surface area contributed by atoms with Crippen molar-refractivity contribution in [2.75, 3.05) is 44.2 Å². The number of rotatable bonds is 2. The highest BCUT2D eigenvalue weighted by atomic mass is 32.2. The van der Waals surface area contributed by atoms with Crippen LogP contribution in [0, 0.1) is 5.92 Å². The van der Waals surface area contributed by atoms with Gasteiger partial charge in [-0.2, -0.15) is 11.8 Å². The van der Waals surface area contributed by atoms with Crippen molar-refractivity contribution < 1.29 is 9.53 Å². The predicted molar refractivity (Wildman–Crippen MR) is 91.3 cm³/mol. The molecule has 7 heteroatoms. The number of aliphatic imine (C=N–C) groups is 1. The van der Waals surface area contributed by atoms with Gasteiger partial charge < -0.3 is 20.3 Å². The Morgan fingerprint density at radius 2 is 1.95 bits per heavy atom. The van der Waals surface area contributed by atoms with Crippen LogP contribution < -0.4 is 5.73 Å². The molecular formula is C15H28N4O2S. The summed E-state index contributed by atoms with van der Waals surface area (Å²) in [6, 6.07) is 0. The molecule has 126 valence electrons. The van der Waals surface area contributed by atoms with E-state index in [4.69, 9.17) is 10.5 Å². The van der Waals surface area contributed by atoms with Crippen molar-refractivity contribution in [3.63, 3.8) is 0 Å². The summed E-state index contributed by atoms with van der Waals surface area (Å²) in [5.41, 5.74) is 5.63. The van der Waals surface area contributed by atoms with Gasteiger partial charge >= 0.3 is 6.09 Å². The lowest BCUT2D eigenvalue weighted by Crippen LogP contribution is -2.43. The van der Waals surface area contributed by atoms with E-state index < -0.39 is 5.60 Å². The molecule has 0 radical (unpaired) electrons. The van der Waals surface area contributed by atoms with Crippen molar-refractivity contribution in [1.82, 2.24) is 9.80 Å². The molecule has 2 saturated heterocycles. The van der Waals surface area contributed by atoms with Gasteiger partial charge in [-0.25, -0.2) is 4.79 Å². The number of guanidine groups is 1. The Morgan fingerprint density at radius 3 is 2.59 bits per heavy atom. The third-order valence-corrected chi connectivity index (χ3v) is 4.73. The average Bonchev–Trinajstić information content (AvgIpc) is 2.93. The molecule has 2 aliphatic rings. The summed E-state index contributed by atoms with van der Waals surface area (Å²) < 4.78 is 5.41. The first-order chi connectivity index (χ1) is 10.3. The zero-order valence-corrected chi connectivity index (χ0v) is 14.7. The van der Waals surface area contributed by atoms with Gasteiger partial charge in [0.25, 0.3) is 0 Å². The third-order valence-electron chi connectivity index (χ3n) is 3.78. The molecule has 2 fully saturated rings. The van der Waals surface area contributed by atoms with Gasteiger partial charge in [0.15, 0.2) is 5.96 Å². The minimum atomic E-state index is -0.440. The molecule has 2 aliphatic heterocycles. The molecule has 6 nitrogen and oxygen atoms in total. The maximum absolute atomic E-state index is 12.0. The standard InChI is InChI=1S/C15H28N4O2S/c1-15(2,3)21-14(20)19-5-4-12(11-19)10-17-13(16)18-6-8-22-9-7-18/h12H,4-11H2,1-3H3,(H2,16,17). The zero-order valence-electron chi connectivity index (χ0n) is 13.9. The molecular weight excluding hydrogens is 300 g/mol. The van der Waals surface area contributed by atoms with Crippen molar-refractivity contribution in [3.05, 3.63) is 0 Å². The molecule has 0 aromatic carbocycles. The number of nitrogens with zero attached hydrogens (tertiary/aromatic N) is 3. The Morgan fingerprint density at radius 1 is 1.27 bits per heavy atom. The molecule has 2 N–H and O–H groups in total. The summed E-state index contributed by atoms with van der Waals surface area (Å²) in [6.45, 7) is 9.77. The highest BCUT2D eigenvalue weighted by molar-refractivity contribution is 7.99. The first kappa shape index (κ1) is 17.2. The lowest BCUT2D eigenvalue weighted by Gasteiger charge is -2.27. The van der Waals surface area contributed by atoms with Gasteiger partial charge in [0.1, 0.15) is 5.60 Å². The maximum atomic E-state index is 12.0. The van der Waals surface area contributed by atoms with Gasteiger partial charge in [-0.1, -0.05) is 0 Å². The summed E-state index contributed by atoms with van der Waals surface area (Å²) in [5.74, 6) is 3.26. The Kier molecular flexibility index (Phi) is 5.83. The van der Waals surface area contributed by atoms with E-state index in [0.29, 0.717) is 25.0 Å². The van der Waals surface area contributed by atoms with Crippen LogP contribution in [0.3, 0.4) is 0 Å². The summed E-state index contributed by atoms with van der Waals surface area (Å²) in [6.07, 6.45) is 0.742. The van der Waals surface area contributed by atoms with Crippen LogP contribution in [0.15, 0.2) is 4.99 Å². The quantitative estimate of drug-likeness (QED) is 0.616. The molecule has 1 atom stereocenters. The topological polar surface area (TPSA) is 71.2 Å². The SMILES string of the molecule is CC(C)(C)OC(=O)N1CCC(CN=C(N)N2CCSCC2)C1. The number of hydrogen-bond acceptors (Lipinski definition) is 4. The Labute approximate surface area is 137 Å². The van der Waals surface area contributed by atoms with E-state index in [1.165, 1.54) is 0 Å². The fourth-order valence-corrected chi connectivity index (χ4v) is 3.49. The molecule has 0 aliphatic carbocycles. The second-order valence-electron chi connectivity index (χ2n) is 6.88. The molecule has 0 saturated carbocycles. The van der Waals surface area contributed by atoms with E-state index in [1.807, 2.05) is 32.5 Å². The molecule has 0 spiro atoms. The number of amides is 1. The van der Waals surface area contributed by atoms with Crippen LogP contribution in [0.1, 0.15) is 27.2 Å². The number of carbonyl (C=O) groups is 1. The van der Waals surface area contributed by atoms with Gasteiger partial charge in [-0.05, 0) is 33.1 Å². The van der Waals surface area contributed by atoms with Gasteiger partial charge in [-0.15, -0.1) is 0 Å². The maximum Gasteiger partial charge on any atom is 0.410 e. The number of likely N-dealkylation sites (tertiary alicyclic amines) is 1. The molecule has 0 aromatic rings. The van der Waals surface area contributed by atoms with E-state index in [1.54, 1.807) is 4.90 Å². The second kappa shape index (κ2) is 7.44. The molecule has 1 unspecified atom stereocenters. The first-order valence-corrected chi connectivity index (χ1v) is 9.11. The van der Waals surface area contributed by atoms with E-state index in [9.17, 15) is 4.79 Å². The fourth-order valence-electron chi connectivity index (χ4n) is 2.59. The fraction of sp³-hybridized carbons (Fsp3) is 0.867. The number of thioether (sulfide) groups is 1. The first-order valence-electron chi connectivity index (χ1n) is 7.96. The zero-order chi connectivity index (χ0) is 16.2. The third kappa shape index (κ3) is 5.26. The van der Waals surface area contributed by atoms with Crippen molar-refractivity contribution in [3.8, 4) is 0 Å². The van der Waals surface area contributed by atoms with Gasteiger partial charge in [0, 0.05) is 44.2 Å².